The first kappa shape index (κ1) is 14.1. The van der Waals surface area contributed by atoms with E-state index in [4.69, 9.17) is 12.2 Å². The number of piperidine rings is 1. The number of para-hydroxylation sites is 2. The summed E-state index contributed by atoms with van der Waals surface area (Å²) < 4.78 is 0. The maximum Gasteiger partial charge on any atom is 0.171 e. The van der Waals surface area contributed by atoms with Gasteiger partial charge in [0.1, 0.15) is 0 Å². The van der Waals surface area contributed by atoms with E-state index >= 15 is 0 Å². The quantitative estimate of drug-likeness (QED) is 0.828. The molecule has 2 rings (SSSR count). The molecule has 4 heteroatoms. The van der Waals surface area contributed by atoms with E-state index in [1.165, 1.54) is 24.9 Å². The smallest absolute Gasteiger partial charge is 0.171 e. The third-order valence-corrected chi connectivity index (χ3v) is 3.49. The Hall–Kier alpha value is -1.29. The summed E-state index contributed by atoms with van der Waals surface area (Å²) in [6.07, 6.45) is 3.91. The van der Waals surface area contributed by atoms with E-state index in [1.807, 2.05) is 6.07 Å². The summed E-state index contributed by atoms with van der Waals surface area (Å²) in [5, 5.41) is 7.23. The highest BCUT2D eigenvalue weighted by molar-refractivity contribution is 7.80. The Labute approximate surface area is 121 Å². The molecule has 2 N–H and O–H groups in total. The second-order valence-corrected chi connectivity index (χ2v) is 5.73. The van der Waals surface area contributed by atoms with Gasteiger partial charge in [0.2, 0.25) is 0 Å². The number of benzene rings is 1. The summed E-state index contributed by atoms with van der Waals surface area (Å²) in [5.41, 5.74) is 2.36. The Bertz CT molecular complexity index is 425. The highest BCUT2D eigenvalue weighted by atomic mass is 32.1. The summed E-state index contributed by atoms with van der Waals surface area (Å²) >= 11 is 5.33. The topological polar surface area (TPSA) is 27.3 Å². The van der Waals surface area contributed by atoms with E-state index in [2.05, 4.69) is 47.6 Å². The first-order valence-corrected chi connectivity index (χ1v) is 7.49. The van der Waals surface area contributed by atoms with Crippen LogP contribution in [-0.4, -0.2) is 24.2 Å². The van der Waals surface area contributed by atoms with Crippen molar-refractivity contribution in [2.45, 2.75) is 39.2 Å². The van der Waals surface area contributed by atoms with Crippen LogP contribution in [-0.2, 0) is 0 Å². The number of nitrogens with one attached hydrogen (secondary N) is 2. The molecule has 1 fully saturated rings. The molecule has 0 radical (unpaired) electrons. The lowest BCUT2D eigenvalue weighted by Gasteiger charge is -2.30. The summed E-state index contributed by atoms with van der Waals surface area (Å²) in [6.45, 7) is 6.46. The standard InChI is InChI=1S/C15H23N3S/c1-12(2)16-15(19)17-13-8-4-5-9-14(13)18-10-6-3-7-11-18/h4-5,8-9,12H,3,6-7,10-11H2,1-2H3,(H2,16,17,19). The molecular weight excluding hydrogens is 254 g/mol. The lowest BCUT2D eigenvalue weighted by atomic mass is 10.1. The summed E-state index contributed by atoms with van der Waals surface area (Å²) in [7, 11) is 0. The Morgan fingerprint density at radius 3 is 2.53 bits per heavy atom. The number of hydrogen-bond acceptors (Lipinski definition) is 2. The lowest BCUT2D eigenvalue weighted by Crippen LogP contribution is -2.35. The van der Waals surface area contributed by atoms with Crippen LogP contribution in [0.2, 0.25) is 0 Å². The molecule has 104 valence electrons. The molecule has 19 heavy (non-hydrogen) atoms. The molecule has 1 heterocycles. The minimum absolute atomic E-state index is 0.349. The molecule has 1 saturated heterocycles. The molecule has 1 aliphatic heterocycles. The first-order valence-electron chi connectivity index (χ1n) is 7.08. The van der Waals surface area contributed by atoms with Crippen LogP contribution in [0.3, 0.4) is 0 Å². The molecule has 0 aromatic heterocycles. The first-order chi connectivity index (χ1) is 9.16. The molecule has 0 amide bonds. The molecule has 3 nitrogen and oxygen atoms in total. The van der Waals surface area contributed by atoms with Crippen molar-refractivity contribution in [2.24, 2.45) is 0 Å². The van der Waals surface area contributed by atoms with Crippen LogP contribution in [0.4, 0.5) is 11.4 Å². The maximum absolute atomic E-state index is 5.33. The van der Waals surface area contributed by atoms with Crippen molar-refractivity contribution in [3.63, 3.8) is 0 Å². The maximum atomic E-state index is 5.33. The van der Waals surface area contributed by atoms with Gasteiger partial charge in [0, 0.05) is 19.1 Å². The molecule has 0 saturated carbocycles. The highest BCUT2D eigenvalue weighted by Gasteiger charge is 2.14. The average molecular weight is 277 g/mol. The molecule has 1 aromatic carbocycles. The third kappa shape index (κ3) is 4.10. The monoisotopic (exact) mass is 277 g/mol. The van der Waals surface area contributed by atoms with Crippen molar-refractivity contribution in [3.05, 3.63) is 24.3 Å². The molecule has 1 aliphatic rings. The summed E-state index contributed by atoms with van der Waals surface area (Å²) in [6, 6.07) is 8.76. The third-order valence-electron chi connectivity index (χ3n) is 3.27. The van der Waals surface area contributed by atoms with Crippen molar-refractivity contribution in [2.75, 3.05) is 23.3 Å². The Balaban J connectivity index is 2.09. The minimum Gasteiger partial charge on any atom is -0.370 e. The second kappa shape index (κ2) is 6.75. The number of thiocarbonyl (C=S) groups is 1. The number of anilines is 2. The Kier molecular flexibility index (Phi) is 5.02. The molecule has 1 aromatic rings. The van der Waals surface area contributed by atoms with E-state index in [0.29, 0.717) is 11.2 Å². The van der Waals surface area contributed by atoms with Gasteiger partial charge in [-0.2, -0.15) is 0 Å². The summed E-state index contributed by atoms with van der Waals surface area (Å²) in [5.74, 6) is 0. The SMILES string of the molecule is CC(C)NC(=S)Nc1ccccc1N1CCCCC1. The van der Waals surface area contributed by atoms with Crippen LogP contribution in [0.1, 0.15) is 33.1 Å². The second-order valence-electron chi connectivity index (χ2n) is 5.32. The van der Waals surface area contributed by atoms with Crippen molar-refractivity contribution < 1.29 is 0 Å². The Morgan fingerprint density at radius 2 is 1.84 bits per heavy atom. The fraction of sp³-hybridized carbons (Fsp3) is 0.533. The highest BCUT2D eigenvalue weighted by Crippen LogP contribution is 2.28. The van der Waals surface area contributed by atoms with Crippen molar-refractivity contribution in [1.29, 1.82) is 0 Å². The predicted molar refractivity (Wildman–Crippen MR) is 87.0 cm³/mol. The molecule has 0 atom stereocenters. The van der Waals surface area contributed by atoms with Crippen LogP contribution in [0.25, 0.3) is 0 Å². The van der Waals surface area contributed by atoms with E-state index < -0.39 is 0 Å². The van der Waals surface area contributed by atoms with Crippen LogP contribution >= 0.6 is 12.2 Å². The molecule has 0 bridgehead atoms. The lowest BCUT2D eigenvalue weighted by molar-refractivity contribution is 0.578. The van der Waals surface area contributed by atoms with Crippen molar-refractivity contribution in [3.8, 4) is 0 Å². The Morgan fingerprint density at radius 1 is 1.16 bits per heavy atom. The fourth-order valence-electron chi connectivity index (χ4n) is 2.41. The van der Waals surface area contributed by atoms with Crippen molar-refractivity contribution in [1.82, 2.24) is 5.32 Å². The van der Waals surface area contributed by atoms with Crippen LogP contribution < -0.4 is 15.5 Å². The normalized spacial score (nSPS) is 15.4. The zero-order valence-corrected chi connectivity index (χ0v) is 12.6. The number of hydrogen-bond donors (Lipinski definition) is 2. The van der Waals surface area contributed by atoms with Gasteiger partial charge >= 0.3 is 0 Å². The van der Waals surface area contributed by atoms with E-state index in [9.17, 15) is 0 Å². The van der Waals surface area contributed by atoms with Gasteiger partial charge in [-0.25, -0.2) is 0 Å². The zero-order chi connectivity index (χ0) is 13.7. The van der Waals surface area contributed by atoms with Crippen LogP contribution in [0.15, 0.2) is 24.3 Å². The van der Waals surface area contributed by atoms with Gasteiger partial charge < -0.3 is 15.5 Å². The molecule has 0 spiro atoms. The van der Waals surface area contributed by atoms with Crippen molar-refractivity contribution >= 4 is 28.7 Å². The fourth-order valence-corrected chi connectivity index (χ4v) is 2.76. The van der Waals surface area contributed by atoms with Gasteiger partial charge in [0.15, 0.2) is 5.11 Å². The van der Waals surface area contributed by atoms with Gasteiger partial charge in [-0.3, -0.25) is 0 Å². The number of rotatable bonds is 3. The van der Waals surface area contributed by atoms with Gasteiger partial charge in [-0.05, 0) is 57.5 Å². The molecular formula is C15H23N3S. The number of nitrogens with zero attached hydrogens (tertiary/aromatic N) is 1. The van der Waals surface area contributed by atoms with Gasteiger partial charge in [-0.15, -0.1) is 0 Å². The van der Waals surface area contributed by atoms with Crippen LogP contribution in [0, 0.1) is 0 Å². The van der Waals surface area contributed by atoms with E-state index in [0.717, 1.165) is 18.8 Å². The predicted octanol–water partition coefficient (Wildman–Crippen LogP) is 3.37. The van der Waals surface area contributed by atoms with Crippen LogP contribution in [0.5, 0.6) is 0 Å². The van der Waals surface area contributed by atoms with E-state index in [1.54, 1.807) is 0 Å². The zero-order valence-electron chi connectivity index (χ0n) is 11.8. The summed E-state index contributed by atoms with van der Waals surface area (Å²) in [4.78, 5) is 2.45. The molecule has 0 unspecified atom stereocenters. The van der Waals surface area contributed by atoms with Gasteiger partial charge in [0.05, 0.1) is 11.4 Å². The average Bonchev–Trinajstić information content (AvgIpc) is 2.39. The molecule has 0 aliphatic carbocycles. The van der Waals surface area contributed by atoms with Gasteiger partial charge in [-0.1, -0.05) is 12.1 Å². The van der Waals surface area contributed by atoms with Gasteiger partial charge in [0.25, 0.3) is 0 Å². The largest absolute Gasteiger partial charge is 0.370 e. The minimum atomic E-state index is 0.349. The van der Waals surface area contributed by atoms with E-state index in [-0.39, 0.29) is 0 Å².